The third kappa shape index (κ3) is 4.30. The van der Waals surface area contributed by atoms with E-state index >= 15 is 0 Å². The first kappa shape index (κ1) is 15.5. The number of methoxy groups -OCH3 is 1. The Kier molecular flexibility index (Phi) is 5.35. The highest BCUT2D eigenvalue weighted by molar-refractivity contribution is 5.91. The molecule has 2 heterocycles. The molecule has 0 spiro atoms. The predicted molar refractivity (Wildman–Crippen MR) is 73.7 cm³/mol. The van der Waals surface area contributed by atoms with Gasteiger partial charge in [-0.3, -0.25) is 9.59 Å². The Bertz CT molecular complexity index is 499. The van der Waals surface area contributed by atoms with Gasteiger partial charge in [-0.2, -0.15) is 0 Å². The molecule has 1 atom stereocenters. The second-order valence-corrected chi connectivity index (χ2v) is 4.87. The van der Waals surface area contributed by atoms with Gasteiger partial charge in [0.25, 0.3) is 5.91 Å². The van der Waals surface area contributed by atoms with E-state index in [4.69, 9.17) is 13.9 Å². The number of carbonyl (C=O) groups is 2. The number of nitrogens with zero attached hydrogens (tertiary/aromatic N) is 1. The van der Waals surface area contributed by atoms with Crippen LogP contribution in [0, 0.1) is 0 Å². The Labute approximate surface area is 123 Å². The summed E-state index contributed by atoms with van der Waals surface area (Å²) < 4.78 is 15.8. The van der Waals surface area contributed by atoms with Gasteiger partial charge in [-0.15, -0.1) is 0 Å². The molecule has 2 amide bonds. The molecule has 0 unspecified atom stereocenters. The predicted octanol–water partition coefficient (Wildman–Crippen LogP) is 0.403. The van der Waals surface area contributed by atoms with Gasteiger partial charge in [0.15, 0.2) is 5.76 Å². The quantitative estimate of drug-likeness (QED) is 0.851. The lowest BCUT2D eigenvalue weighted by atomic mass is 10.2. The van der Waals surface area contributed by atoms with E-state index in [0.717, 1.165) is 0 Å². The van der Waals surface area contributed by atoms with Crippen molar-refractivity contribution in [2.24, 2.45) is 0 Å². The van der Waals surface area contributed by atoms with E-state index in [9.17, 15) is 9.59 Å². The Balaban J connectivity index is 1.81. The lowest BCUT2D eigenvalue weighted by molar-refractivity contribution is -0.136. The van der Waals surface area contributed by atoms with Crippen molar-refractivity contribution in [1.82, 2.24) is 10.2 Å². The van der Waals surface area contributed by atoms with Gasteiger partial charge in [0.05, 0.1) is 12.7 Å². The lowest BCUT2D eigenvalue weighted by Gasteiger charge is -2.32. The maximum absolute atomic E-state index is 11.9. The maximum Gasteiger partial charge on any atom is 0.287 e. The van der Waals surface area contributed by atoms with Crippen molar-refractivity contribution in [3.63, 3.8) is 0 Å². The molecule has 1 N–H and O–H groups in total. The van der Waals surface area contributed by atoms with E-state index in [-0.39, 0.29) is 23.7 Å². The van der Waals surface area contributed by atoms with Crippen LogP contribution >= 0.6 is 0 Å². The zero-order chi connectivity index (χ0) is 15.2. The summed E-state index contributed by atoms with van der Waals surface area (Å²) in [5, 5.41) is 2.75. The molecule has 0 aromatic carbocycles. The van der Waals surface area contributed by atoms with Gasteiger partial charge in [0, 0.05) is 33.7 Å². The van der Waals surface area contributed by atoms with Gasteiger partial charge in [-0.1, -0.05) is 0 Å². The monoisotopic (exact) mass is 296 g/mol. The van der Waals surface area contributed by atoms with Crippen molar-refractivity contribution < 1.29 is 23.5 Å². The first-order valence-electron chi connectivity index (χ1n) is 6.83. The number of nitrogens with one attached hydrogen (secondary N) is 1. The number of ether oxygens (including phenoxy) is 2. The Morgan fingerprint density at radius 1 is 1.48 bits per heavy atom. The van der Waals surface area contributed by atoms with Gasteiger partial charge in [-0.25, -0.2) is 0 Å². The first-order valence-corrected chi connectivity index (χ1v) is 6.83. The highest BCUT2D eigenvalue weighted by Crippen LogP contribution is 2.09. The molecule has 0 radical (unpaired) electrons. The molecule has 116 valence electrons. The highest BCUT2D eigenvalue weighted by atomic mass is 16.5. The van der Waals surface area contributed by atoms with Crippen LogP contribution in [0.4, 0.5) is 0 Å². The van der Waals surface area contributed by atoms with Crippen LogP contribution in [0.3, 0.4) is 0 Å². The standard InChI is InChI=1S/C14H20N2O5/c1-10(17)16-5-6-20-12(8-16)7-15-14(18)13-4-3-11(21-13)9-19-2/h3-4,12H,5-9H2,1-2H3,(H,15,18)/t12-/m1/s1. The number of amides is 2. The topological polar surface area (TPSA) is 81.0 Å². The van der Waals surface area contributed by atoms with Crippen LogP contribution in [0.5, 0.6) is 0 Å². The molecule has 7 nitrogen and oxygen atoms in total. The highest BCUT2D eigenvalue weighted by Gasteiger charge is 2.23. The minimum Gasteiger partial charge on any atom is -0.453 e. The summed E-state index contributed by atoms with van der Waals surface area (Å²) in [6, 6.07) is 3.31. The SMILES string of the molecule is COCc1ccc(C(=O)NC[C@@H]2CN(C(C)=O)CCO2)o1. The molecule has 7 heteroatoms. The fourth-order valence-electron chi connectivity index (χ4n) is 2.14. The number of hydrogen-bond acceptors (Lipinski definition) is 5. The minimum atomic E-state index is -0.305. The van der Waals surface area contributed by atoms with E-state index in [1.54, 1.807) is 24.1 Å². The molecular formula is C14H20N2O5. The maximum atomic E-state index is 11.9. The molecule has 2 rings (SSSR count). The number of carbonyl (C=O) groups excluding carboxylic acids is 2. The van der Waals surface area contributed by atoms with Crippen molar-refractivity contribution in [1.29, 1.82) is 0 Å². The zero-order valence-electron chi connectivity index (χ0n) is 12.3. The van der Waals surface area contributed by atoms with Gasteiger partial charge in [0.2, 0.25) is 5.91 Å². The van der Waals surface area contributed by atoms with E-state index < -0.39 is 0 Å². The second kappa shape index (κ2) is 7.24. The summed E-state index contributed by atoms with van der Waals surface area (Å²) in [6.07, 6.45) is -0.194. The van der Waals surface area contributed by atoms with E-state index in [0.29, 0.717) is 38.6 Å². The summed E-state index contributed by atoms with van der Waals surface area (Å²) in [7, 11) is 1.56. The molecule has 1 aliphatic rings. The second-order valence-electron chi connectivity index (χ2n) is 4.87. The summed E-state index contributed by atoms with van der Waals surface area (Å²) in [6.45, 7) is 3.76. The lowest BCUT2D eigenvalue weighted by Crippen LogP contribution is -2.49. The van der Waals surface area contributed by atoms with Gasteiger partial charge in [-0.05, 0) is 12.1 Å². The number of hydrogen-bond donors (Lipinski definition) is 1. The van der Waals surface area contributed by atoms with Crippen LogP contribution < -0.4 is 5.32 Å². The van der Waals surface area contributed by atoms with Crippen LogP contribution in [0.15, 0.2) is 16.5 Å². The largest absolute Gasteiger partial charge is 0.453 e. The van der Waals surface area contributed by atoms with Crippen LogP contribution in [0.2, 0.25) is 0 Å². The van der Waals surface area contributed by atoms with Crippen LogP contribution in [-0.4, -0.2) is 56.2 Å². The molecule has 1 aromatic rings. The normalized spacial score (nSPS) is 18.6. The fraction of sp³-hybridized carbons (Fsp3) is 0.571. The van der Waals surface area contributed by atoms with Crippen LogP contribution in [0.25, 0.3) is 0 Å². The van der Waals surface area contributed by atoms with Crippen molar-refractivity contribution in [2.75, 3.05) is 33.4 Å². The summed E-state index contributed by atoms with van der Waals surface area (Å²) in [5.41, 5.74) is 0. The Morgan fingerprint density at radius 2 is 2.29 bits per heavy atom. The molecule has 1 fully saturated rings. The third-order valence-electron chi connectivity index (χ3n) is 3.25. The minimum absolute atomic E-state index is 0.0184. The Morgan fingerprint density at radius 3 is 3.00 bits per heavy atom. The molecule has 0 saturated carbocycles. The van der Waals surface area contributed by atoms with Crippen molar-refractivity contribution in [3.05, 3.63) is 23.7 Å². The van der Waals surface area contributed by atoms with Crippen LogP contribution in [-0.2, 0) is 20.9 Å². The Hall–Kier alpha value is -1.86. The molecule has 21 heavy (non-hydrogen) atoms. The number of morpholine rings is 1. The molecule has 0 aliphatic carbocycles. The summed E-state index contributed by atoms with van der Waals surface area (Å²) in [5.74, 6) is 0.548. The first-order chi connectivity index (χ1) is 10.1. The van der Waals surface area contributed by atoms with E-state index in [1.807, 2.05) is 0 Å². The molecule has 0 bridgehead atoms. The summed E-state index contributed by atoms with van der Waals surface area (Å²) >= 11 is 0. The van der Waals surface area contributed by atoms with Crippen LogP contribution in [0.1, 0.15) is 23.2 Å². The average molecular weight is 296 g/mol. The van der Waals surface area contributed by atoms with Gasteiger partial charge >= 0.3 is 0 Å². The zero-order valence-corrected chi connectivity index (χ0v) is 12.3. The number of rotatable bonds is 5. The van der Waals surface area contributed by atoms with Crippen molar-refractivity contribution in [2.45, 2.75) is 19.6 Å². The van der Waals surface area contributed by atoms with Crippen molar-refractivity contribution >= 4 is 11.8 Å². The molecule has 1 aliphatic heterocycles. The van der Waals surface area contributed by atoms with Crippen molar-refractivity contribution in [3.8, 4) is 0 Å². The van der Waals surface area contributed by atoms with E-state index in [2.05, 4.69) is 5.32 Å². The summed E-state index contributed by atoms with van der Waals surface area (Å²) in [4.78, 5) is 25.0. The van der Waals surface area contributed by atoms with Gasteiger partial charge < -0.3 is 24.1 Å². The average Bonchev–Trinajstić information content (AvgIpc) is 2.94. The van der Waals surface area contributed by atoms with Gasteiger partial charge in [0.1, 0.15) is 12.4 Å². The fourth-order valence-corrected chi connectivity index (χ4v) is 2.14. The third-order valence-corrected chi connectivity index (χ3v) is 3.25. The molecule has 1 saturated heterocycles. The smallest absolute Gasteiger partial charge is 0.287 e. The van der Waals surface area contributed by atoms with E-state index in [1.165, 1.54) is 6.92 Å². The molecular weight excluding hydrogens is 276 g/mol. The number of furan rings is 1. The molecule has 1 aromatic heterocycles.